The van der Waals surface area contributed by atoms with E-state index in [2.05, 4.69) is 4.98 Å². The van der Waals surface area contributed by atoms with Crippen LogP contribution in [0.2, 0.25) is 0 Å². The highest BCUT2D eigenvalue weighted by Gasteiger charge is 2.33. The Morgan fingerprint density at radius 1 is 1.56 bits per heavy atom. The quantitative estimate of drug-likeness (QED) is 0.826. The molecule has 2 rings (SSSR count). The highest BCUT2D eigenvalue weighted by atomic mass is 16.3. The third-order valence-electron chi connectivity index (χ3n) is 3.47. The molecule has 2 N–H and O–H groups in total. The molecule has 1 aromatic heterocycles. The summed E-state index contributed by atoms with van der Waals surface area (Å²) in [5, 5.41) is 19.6. The van der Waals surface area contributed by atoms with Crippen LogP contribution in [0.5, 0.6) is 5.75 Å². The third kappa shape index (κ3) is 2.61. The molecule has 18 heavy (non-hydrogen) atoms. The summed E-state index contributed by atoms with van der Waals surface area (Å²) in [4.78, 5) is 17.6. The van der Waals surface area contributed by atoms with Crippen molar-refractivity contribution in [2.75, 3.05) is 13.1 Å². The number of likely N-dealkylation sites (tertiary alicyclic amines) is 1. The van der Waals surface area contributed by atoms with Crippen LogP contribution >= 0.6 is 0 Å². The molecule has 0 aliphatic carbocycles. The molecule has 1 fully saturated rings. The number of aromatic nitrogens is 1. The van der Waals surface area contributed by atoms with Crippen molar-refractivity contribution in [2.45, 2.75) is 31.8 Å². The van der Waals surface area contributed by atoms with E-state index in [0.717, 1.165) is 12.8 Å². The maximum Gasteiger partial charge on any atom is 0.255 e. The average Bonchev–Trinajstić information content (AvgIpc) is 2.38. The molecule has 1 atom stereocenters. The number of amides is 1. The first kappa shape index (κ1) is 12.8. The number of β-amino-alcohol motifs (C(OH)–C–C–N with tert-alkyl or cyclic N) is 1. The SMILES string of the molecule is CC[C@@]1(O)CCCN(C(=O)c2cncc(O)c2)C1. The number of hydrogen-bond acceptors (Lipinski definition) is 4. The van der Waals surface area contributed by atoms with Gasteiger partial charge >= 0.3 is 0 Å². The Morgan fingerprint density at radius 3 is 3.00 bits per heavy atom. The molecule has 98 valence electrons. The summed E-state index contributed by atoms with van der Waals surface area (Å²) in [7, 11) is 0. The third-order valence-corrected chi connectivity index (χ3v) is 3.47. The number of rotatable bonds is 2. The molecule has 1 aromatic rings. The van der Waals surface area contributed by atoms with E-state index in [9.17, 15) is 15.0 Å². The van der Waals surface area contributed by atoms with Crippen molar-refractivity contribution in [1.29, 1.82) is 0 Å². The summed E-state index contributed by atoms with van der Waals surface area (Å²) in [5.74, 6) is -0.214. The normalized spacial score (nSPS) is 24.0. The van der Waals surface area contributed by atoms with E-state index in [-0.39, 0.29) is 11.7 Å². The van der Waals surface area contributed by atoms with Crippen LogP contribution in [-0.4, -0.2) is 44.7 Å². The maximum atomic E-state index is 12.2. The van der Waals surface area contributed by atoms with E-state index in [1.807, 2.05) is 6.92 Å². The van der Waals surface area contributed by atoms with Crippen LogP contribution in [0.15, 0.2) is 18.5 Å². The molecule has 0 spiro atoms. The van der Waals surface area contributed by atoms with Gasteiger partial charge in [-0.05, 0) is 25.3 Å². The number of piperidine rings is 1. The maximum absolute atomic E-state index is 12.2. The van der Waals surface area contributed by atoms with Crippen LogP contribution in [0, 0.1) is 0 Å². The van der Waals surface area contributed by atoms with Crippen LogP contribution in [0.1, 0.15) is 36.5 Å². The summed E-state index contributed by atoms with van der Waals surface area (Å²) in [6.45, 7) is 2.90. The van der Waals surface area contributed by atoms with E-state index in [1.54, 1.807) is 4.90 Å². The molecule has 2 heterocycles. The first-order chi connectivity index (χ1) is 8.54. The smallest absolute Gasteiger partial charge is 0.255 e. The van der Waals surface area contributed by atoms with Crippen molar-refractivity contribution in [3.05, 3.63) is 24.0 Å². The molecular weight excluding hydrogens is 232 g/mol. The summed E-state index contributed by atoms with van der Waals surface area (Å²) in [6.07, 6.45) is 4.87. The minimum atomic E-state index is -0.780. The molecule has 0 unspecified atom stereocenters. The van der Waals surface area contributed by atoms with Crippen LogP contribution in [0.25, 0.3) is 0 Å². The number of nitrogens with zero attached hydrogens (tertiary/aromatic N) is 2. The minimum absolute atomic E-state index is 0.0244. The van der Waals surface area contributed by atoms with Gasteiger partial charge in [-0.2, -0.15) is 0 Å². The van der Waals surface area contributed by atoms with Gasteiger partial charge in [-0.3, -0.25) is 9.78 Å². The van der Waals surface area contributed by atoms with Crippen molar-refractivity contribution >= 4 is 5.91 Å². The molecule has 5 nitrogen and oxygen atoms in total. The fraction of sp³-hybridized carbons (Fsp3) is 0.538. The lowest BCUT2D eigenvalue weighted by Crippen LogP contribution is -2.49. The van der Waals surface area contributed by atoms with Crippen molar-refractivity contribution < 1.29 is 15.0 Å². The highest BCUT2D eigenvalue weighted by molar-refractivity contribution is 5.94. The fourth-order valence-electron chi connectivity index (χ4n) is 2.30. The Kier molecular flexibility index (Phi) is 3.52. The van der Waals surface area contributed by atoms with Crippen LogP contribution in [-0.2, 0) is 0 Å². The van der Waals surface area contributed by atoms with Gasteiger partial charge in [0.1, 0.15) is 5.75 Å². The van der Waals surface area contributed by atoms with Crippen LogP contribution in [0.4, 0.5) is 0 Å². The van der Waals surface area contributed by atoms with Gasteiger partial charge in [0.25, 0.3) is 5.91 Å². The van der Waals surface area contributed by atoms with Gasteiger partial charge in [0.2, 0.25) is 0 Å². The molecule has 0 saturated carbocycles. The summed E-state index contributed by atoms with van der Waals surface area (Å²) < 4.78 is 0. The molecular formula is C13H18N2O3. The molecule has 1 saturated heterocycles. The zero-order chi connectivity index (χ0) is 13.2. The predicted molar refractivity (Wildman–Crippen MR) is 66.3 cm³/mol. The van der Waals surface area contributed by atoms with E-state index >= 15 is 0 Å². The Balaban J connectivity index is 2.14. The molecule has 1 aliphatic heterocycles. The zero-order valence-electron chi connectivity index (χ0n) is 10.5. The zero-order valence-corrected chi connectivity index (χ0v) is 10.5. The van der Waals surface area contributed by atoms with Crippen molar-refractivity contribution in [1.82, 2.24) is 9.88 Å². The Bertz CT molecular complexity index is 450. The first-order valence-corrected chi connectivity index (χ1v) is 6.20. The minimum Gasteiger partial charge on any atom is -0.506 e. The van der Waals surface area contributed by atoms with Gasteiger partial charge in [0, 0.05) is 19.3 Å². The van der Waals surface area contributed by atoms with Crippen molar-refractivity contribution in [2.24, 2.45) is 0 Å². The molecule has 1 amide bonds. The molecule has 1 aliphatic rings. The summed E-state index contributed by atoms with van der Waals surface area (Å²) >= 11 is 0. The first-order valence-electron chi connectivity index (χ1n) is 6.20. The summed E-state index contributed by atoms with van der Waals surface area (Å²) in [5.41, 5.74) is -0.423. The molecule has 0 radical (unpaired) electrons. The van der Waals surface area contributed by atoms with Gasteiger partial charge in [0.05, 0.1) is 17.4 Å². The standard InChI is InChI=1S/C13H18N2O3/c1-2-13(18)4-3-5-15(9-13)12(17)10-6-11(16)8-14-7-10/h6-8,16,18H,2-5,9H2,1H3/t13-/m1/s1. The van der Waals surface area contributed by atoms with Crippen LogP contribution in [0.3, 0.4) is 0 Å². The van der Waals surface area contributed by atoms with Crippen LogP contribution < -0.4 is 0 Å². The number of aliphatic hydroxyl groups is 1. The lowest BCUT2D eigenvalue weighted by Gasteiger charge is -2.38. The lowest BCUT2D eigenvalue weighted by molar-refractivity contribution is -0.0270. The topological polar surface area (TPSA) is 73.7 Å². The number of pyridine rings is 1. The predicted octanol–water partition coefficient (Wildman–Crippen LogP) is 1.16. The van der Waals surface area contributed by atoms with Gasteiger partial charge in [-0.15, -0.1) is 0 Å². The van der Waals surface area contributed by atoms with E-state index in [4.69, 9.17) is 0 Å². The number of carbonyl (C=O) groups excluding carboxylic acids is 1. The number of aromatic hydroxyl groups is 1. The van der Waals surface area contributed by atoms with Crippen molar-refractivity contribution in [3.8, 4) is 5.75 Å². The number of carbonyl (C=O) groups is 1. The van der Waals surface area contributed by atoms with Gasteiger partial charge in [0.15, 0.2) is 0 Å². The lowest BCUT2D eigenvalue weighted by atomic mass is 9.90. The van der Waals surface area contributed by atoms with E-state index in [1.165, 1.54) is 18.5 Å². The molecule has 5 heteroatoms. The Hall–Kier alpha value is -1.62. The highest BCUT2D eigenvalue weighted by Crippen LogP contribution is 2.25. The second-order valence-corrected chi connectivity index (χ2v) is 4.84. The molecule has 0 bridgehead atoms. The second kappa shape index (κ2) is 4.94. The fourth-order valence-corrected chi connectivity index (χ4v) is 2.30. The number of hydrogen-bond donors (Lipinski definition) is 2. The average molecular weight is 250 g/mol. The monoisotopic (exact) mass is 250 g/mol. The van der Waals surface area contributed by atoms with E-state index < -0.39 is 5.60 Å². The van der Waals surface area contributed by atoms with Gasteiger partial charge < -0.3 is 15.1 Å². The van der Waals surface area contributed by atoms with Gasteiger partial charge in [-0.25, -0.2) is 0 Å². The van der Waals surface area contributed by atoms with Crippen molar-refractivity contribution in [3.63, 3.8) is 0 Å². The summed E-state index contributed by atoms with van der Waals surface area (Å²) in [6, 6.07) is 1.40. The largest absolute Gasteiger partial charge is 0.506 e. The Labute approximate surface area is 106 Å². The Morgan fingerprint density at radius 2 is 2.33 bits per heavy atom. The van der Waals surface area contributed by atoms with Gasteiger partial charge in [-0.1, -0.05) is 6.92 Å². The molecule has 0 aromatic carbocycles. The second-order valence-electron chi connectivity index (χ2n) is 4.84. The van der Waals surface area contributed by atoms with E-state index in [0.29, 0.717) is 25.1 Å².